The van der Waals surface area contributed by atoms with Crippen molar-refractivity contribution in [1.29, 1.82) is 0 Å². The Hall–Kier alpha value is -0.890. The second-order valence-electron chi connectivity index (χ2n) is 3.85. The van der Waals surface area contributed by atoms with Crippen LogP contribution in [-0.2, 0) is 6.42 Å². The van der Waals surface area contributed by atoms with E-state index in [0.29, 0.717) is 5.92 Å². The topological polar surface area (TPSA) is 26.0 Å². The van der Waals surface area contributed by atoms with Gasteiger partial charge in [0.25, 0.3) is 0 Å². The second kappa shape index (κ2) is 3.11. The van der Waals surface area contributed by atoms with E-state index in [1.54, 1.807) is 6.07 Å². The van der Waals surface area contributed by atoms with E-state index in [1.165, 1.54) is 6.07 Å². The van der Waals surface area contributed by atoms with Gasteiger partial charge in [0.05, 0.1) is 0 Å². The molecule has 1 aromatic rings. The van der Waals surface area contributed by atoms with Crippen molar-refractivity contribution in [3.63, 3.8) is 0 Å². The zero-order chi connectivity index (χ0) is 9.42. The van der Waals surface area contributed by atoms with E-state index in [4.69, 9.17) is 5.73 Å². The molecule has 2 rings (SSSR count). The molecule has 2 N–H and O–H groups in total. The Kier molecular flexibility index (Phi) is 2.08. The van der Waals surface area contributed by atoms with Gasteiger partial charge in [-0.3, -0.25) is 0 Å². The molecule has 0 aliphatic heterocycles. The number of hydrogen-bond acceptors (Lipinski definition) is 1. The van der Waals surface area contributed by atoms with E-state index < -0.39 is 0 Å². The molecule has 70 valence electrons. The lowest BCUT2D eigenvalue weighted by molar-refractivity contribution is 0.403. The molecular weight excluding hydrogens is 165 g/mol. The summed E-state index contributed by atoms with van der Waals surface area (Å²) in [6.07, 6.45) is 1.83. The van der Waals surface area contributed by atoms with Crippen LogP contribution in [0.15, 0.2) is 18.2 Å². The molecule has 2 atom stereocenters. The van der Waals surface area contributed by atoms with E-state index in [9.17, 15) is 4.39 Å². The van der Waals surface area contributed by atoms with E-state index in [-0.39, 0.29) is 11.9 Å². The summed E-state index contributed by atoms with van der Waals surface area (Å²) in [7, 11) is 0. The largest absolute Gasteiger partial charge is 0.324 e. The third-order valence-corrected chi connectivity index (χ3v) is 2.98. The number of fused-ring (bicyclic) bond motifs is 1. The van der Waals surface area contributed by atoms with Crippen molar-refractivity contribution in [3.8, 4) is 0 Å². The number of benzene rings is 1. The third kappa shape index (κ3) is 1.35. The van der Waals surface area contributed by atoms with Gasteiger partial charge in [0.2, 0.25) is 0 Å². The predicted octanol–water partition coefficient (Wildman–Crippen LogP) is 2.41. The summed E-state index contributed by atoms with van der Waals surface area (Å²) < 4.78 is 13.3. The van der Waals surface area contributed by atoms with E-state index >= 15 is 0 Å². The van der Waals surface area contributed by atoms with Crippen LogP contribution >= 0.6 is 0 Å². The Balaban J connectivity index is 2.49. The molecular formula is C11H14FN. The monoisotopic (exact) mass is 179 g/mol. The van der Waals surface area contributed by atoms with Crippen LogP contribution in [0.3, 0.4) is 0 Å². The van der Waals surface area contributed by atoms with Crippen molar-refractivity contribution in [2.24, 2.45) is 11.7 Å². The Bertz CT molecular complexity index is 322. The fraction of sp³-hybridized carbons (Fsp3) is 0.455. The number of nitrogens with two attached hydrogens (primary N) is 1. The number of rotatable bonds is 0. The predicted molar refractivity (Wildman–Crippen MR) is 50.8 cm³/mol. The lowest BCUT2D eigenvalue weighted by Gasteiger charge is -2.28. The molecule has 1 aromatic carbocycles. The molecule has 1 aliphatic carbocycles. The average molecular weight is 179 g/mol. The Morgan fingerprint density at radius 3 is 3.00 bits per heavy atom. The van der Waals surface area contributed by atoms with Crippen LogP contribution in [0.25, 0.3) is 0 Å². The third-order valence-electron chi connectivity index (χ3n) is 2.98. The molecule has 0 amide bonds. The van der Waals surface area contributed by atoms with Crippen LogP contribution in [-0.4, -0.2) is 0 Å². The molecule has 1 nitrogen and oxygen atoms in total. The van der Waals surface area contributed by atoms with Gasteiger partial charge in [0.1, 0.15) is 5.82 Å². The summed E-state index contributed by atoms with van der Waals surface area (Å²) in [5, 5.41) is 0. The molecule has 13 heavy (non-hydrogen) atoms. The molecule has 2 heteroatoms. The highest BCUT2D eigenvalue weighted by atomic mass is 19.1. The van der Waals surface area contributed by atoms with Gasteiger partial charge < -0.3 is 5.73 Å². The van der Waals surface area contributed by atoms with Crippen LogP contribution in [0, 0.1) is 11.7 Å². The Morgan fingerprint density at radius 1 is 1.46 bits per heavy atom. The normalized spacial score (nSPS) is 27.0. The zero-order valence-electron chi connectivity index (χ0n) is 7.76. The highest BCUT2D eigenvalue weighted by Gasteiger charge is 2.24. The van der Waals surface area contributed by atoms with E-state index in [0.717, 1.165) is 24.0 Å². The number of hydrogen-bond donors (Lipinski definition) is 1. The summed E-state index contributed by atoms with van der Waals surface area (Å²) in [6.45, 7) is 2.12. The summed E-state index contributed by atoms with van der Waals surface area (Å²) in [5.41, 5.74) is 7.82. The first-order chi connectivity index (χ1) is 6.20. The maximum atomic E-state index is 13.3. The van der Waals surface area contributed by atoms with Gasteiger partial charge in [-0.25, -0.2) is 4.39 Å². The van der Waals surface area contributed by atoms with Crippen LogP contribution in [0.2, 0.25) is 0 Å². The minimum Gasteiger partial charge on any atom is -0.324 e. The molecule has 0 heterocycles. The summed E-state index contributed by atoms with van der Waals surface area (Å²) in [4.78, 5) is 0. The fourth-order valence-electron chi connectivity index (χ4n) is 2.01. The van der Waals surface area contributed by atoms with Crippen molar-refractivity contribution in [3.05, 3.63) is 35.1 Å². The van der Waals surface area contributed by atoms with Gasteiger partial charge >= 0.3 is 0 Å². The first-order valence-electron chi connectivity index (χ1n) is 4.73. The summed E-state index contributed by atoms with van der Waals surface area (Å²) >= 11 is 0. The van der Waals surface area contributed by atoms with Gasteiger partial charge in [-0.15, -0.1) is 0 Å². The Labute approximate surface area is 77.8 Å². The van der Waals surface area contributed by atoms with Gasteiger partial charge in [-0.2, -0.15) is 0 Å². The van der Waals surface area contributed by atoms with Crippen molar-refractivity contribution in [2.75, 3.05) is 0 Å². The molecule has 0 radical (unpaired) electrons. The van der Waals surface area contributed by atoms with Gasteiger partial charge in [-0.1, -0.05) is 19.1 Å². The molecule has 0 aromatic heterocycles. The second-order valence-corrected chi connectivity index (χ2v) is 3.85. The lowest BCUT2D eigenvalue weighted by atomic mass is 9.81. The first-order valence-corrected chi connectivity index (χ1v) is 4.73. The summed E-state index contributed by atoms with van der Waals surface area (Å²) in [6, 6.07) is 5.21. The minimum atomic E-state index is -0.0974. The standard InChI is InChI=1S/C11H14FN/c1-7-5-6-8-9(11(7)13)3-2-4-10(8)12/h2-4,7,11H,5-6,13H2,1H3/t7-,11+/m0/s1. The minimum absolute atomic E-state index is 0.0134. The van der Waals surface area contributed by atoms with Crippen LogP contribution in [0.1, 0.15) is 30.5 Å². The van der Waals surface area contributed by atoms with Crippen LogP contribution in [0.5, 0.6) is 0 Å². The first kappa shape index (κ1) is 8.70. The quantitative estimate of drug-likeness (QED) is 0.650. The van der Waals surface area contributed by atoms with Crippen molar-refractivity contribution < 1.29 is 4.39 Å². The highest BCUT2D eigenvalue weighted by Crippen LogP contribution is 2.33. The fourth-order valence-corrected chi connectivity index (χ4v) is 2.01. The lowest BCUT2D eigenvalue weighted by Crippen LogP contribution is -2.25. The molecule has 0 unspecified atom stereocenters. The smallest absolute Gasteiger partial charge is 0.126 e. The molecule has 0 saturated carbocycles. The van der Waals surface area contributed by atoms with Gasteiger partial charge in [0, 0.05) is 6.04 Å². The van der Waals surface area contributed by atoms with Crippen LogP contribution < -0.4 is 5.73 Å². The van der Waals surface area contributed by atoms with Crippen molar-refractivity contribution in [2.45, 2.75) is 25.8 Å². The van der Waals surface area contributed by atoms with Crippen molar-refractivity contribution >= 4 is 0 Å². The van der Waals surface area contributed by atoms with Crippen molar-refractivity contribution in [1.82, 2.24) is 0 Å². The summed E-state index contributed by atoms with van der Waals surface area (Å²) in [5.74, 6) is 0.370. The SMILES string of the molecule is C[C@H]1CCc2c(F)cccc2[C@@H]1N. The molecule has 0 bridgehead atoms. The molecule has 1 aliphatic rings. The van der Waals surface area contributed by atoms with Gasteiger partial charge in [0.15, 0.2) is 0 Å². The van der Waals surface area contributed by atoms with Crippen LogP contribution in [0.4, 0.5) is 4.39 Å². The van der Waals surface area contributed by atoms with E-state index in [1.807, 2.05) is 6.07 Å². The highest BCUT2D eigenvalue weighted by molar-refractivity contribution is 5.33. The maximum Gasteiger partial charge on any atom is 0.126 e. The average Bonchev–Trinajstić information content (AvgIpc) is 2.12. The molecule has 0 spiro atoms. The number of halogens is 1. The maximum absolute atomic E-state index is 13.3. The molecule has 0 fully saturated rings. The van der Waals surface area contributed by atoms with Gasteiger partial charge in [-0.05, 0) is 36.0 Å². The van der Waals surface area contributed by atoms with E-state index in [2.05, 4.69) is 6.92 Å². The zero-order valence-corrected chi connectivity index (χ0v) is 7.76. The molecule has 0 saturated heterocycles. The Morgan fingerprint density at radius 2 is 2.23 bits per heavy atom.